The minimum Gasteiger partial charge on any atom is -0.453 e. The van der Waals surface area contributed by atoms with Crippen LogP contribution in [0.5, 0.6) is 0 Å². The quantitative estimate of drug-likeness (QED) is 0.177. The molecule has 0 bridgehead atoms. The second kappa shape index (κ2) is 17.8. The van der Waals surface area contributed by atoms with Gasteiger partial charge in [-0.05, 0) is 68.1 Å². The van der Waals surface area contributed by atoms with E-state index in [0.29, 0.717) is 42.6 Å². The van der Waals surface area contributed by atoms with E-state index in [1.165, 1.54) is 14.2 Å². The lowest BCUT2D eigenvalue weighted by atomic mass is 10.0. The third kappa shape index (κ3) is 9.53. The number of amidine groups is 1. The number of amides is 4. The highest BCUT2D eigenvalue weighted by Crippen LogP contribution is 2.31. The first-order valence-electron chi connectivity index (χ1n) is 16.2. The van der Waals surface area contributed by atoms with Gasteiger partial charge in [-0.15, -0.1) is 0 Å². The molecule has 2 saturated heterocycles. The van der Waals surface area contributed by atoms with E-state index in [2.05, 4.69) is 54.6 Å². The molecule has 4 amide bonds. The van der Waals surface area contributed by atoms with Gasteiger partial charge in [0.15, 0.2) is 0 Å². The van der Waals surface area contributed by atoms with Gasteiger partial charge >= 0.3 is 12.2 Å². The first kappa shape index (κ1) is 37.5. The summed E-state index contributed by atoms with van der Waals surface area (Å²) in [5.74, 6) is 12.2. The van der Waals surface area contributed by atoms with Crippen molar-refractivity contribution in [1.29, 1.82) is 0 Å². The van der Waals surface area contributed by atoms with Crippen molar-refractivity contribution in [2.75, 3.05) is 34.4 Å². The van der Waals surface area contributed by atoms with Crippen LogP contribution in [0.3, 0.4) is 0 Å². The first-order valence-corrected chi connectivity index (χ1v) is 16.2. The van der Waals surface area contributed by atoms with E-state index >= 15 is 0 Å². The first-order chi connectivity index (χ1) is 22.9. The average Bonchev–Trinajstić information content (AvgIpc) is 3.86. The van der Waals surface area contributed by atoms with Crippen molar-refractivity contribution in [3.63, 3.8) is 0 Å². The van der Waals surface area contributed by atoms with E-state index in [1.807, 2.05) is 34.6 Å². The number of alkyl carbamates (subject to hydrolysis) is 2. The van der Waals surface area contributed by atoms with Gasteiger partial charge in [-0.2, -0.15) is 0 Å². The third-order valence-electron chi connectivity index (χ3n) is 8.33. The topological polar surface area (TPSA) is 170 Å². The van der Waals surface area contributed by atoms with Crippen LogP contribution in [0.25, 0.3) is 0 Å². The van der Waals surface area contributed by atoms with Crippen molar-refractivity contribution >= 4 is 29.8 Å². The van der Waals surface area contributed by atoms with Crippen LogP contribution in [0, 0.1) is 35.5 Å². The SMILES string of the molecule is C/C=C(/C#CC#Cc1cnc([C@H]2CCCN2C(=O)[C@H](NC(=O)OC)C(C)C)[nH]1)NC(=NC)[C@H]1CCCN1C(=O)[C@H](NC(=O)OC)C(C)C. The molecule has 260 valence electrons. The van der Waals surface area contributed by atoms with Crippen LogP contribution in [0.2, 0.25) is 0 Å². The molecule has 2 aliphatic heterocycles. The molecule has 0 unspecified atom stereocenters. The van der Waals surface area contributed by atoms with Gasteiger partial charge in [0.2, 0.25) is 11.8 Å². The molecule has 1 aromatic heterocycles. The Morgan fingerprint density at radius 1 is 0.958 bits per heavy atom. The molecule has 2 aliphatic rings. The average molecular weight is 665 g/mol. The fraction of sp³-hybridized carbons (Fsp3) is 0.588. The maximum atomic E-state index is 13.5. The van der Waals surface area contributed by atoms with Gasteiger partial charge < -0.3 is 40.2 Å². The Kier molecular flexibility index (Phi) is 13.9. The van der Waals surface area contributed by atoms with Crippen LogP contribution in [0.15, 0.2) is 23.0 Å². The van der Waals surface area contributed by atoms with Crippen LogP contribution in [-0.2, 0) is 19.1 Å². The number of likely N-dealkylation sites (tertiary alicyclic amines) is 2. The summed E-state index contributed by atoms with van der Waals surface area (Å²) >= 11 is 0. The number of allylic oxidation sites excluding steroid dienone is 2. The summed E-state index contributed by atoms with van der Waals surface area (Å²) in [6.07, 6.45) is 5.16. The molecule has 0 saturated carbocycles. The van der Waals surface area contributed by atoms with Crippen molar-refractivity contribution in [1.82, 2.24) is 35.7 Å². The monoisotopic (exact) mass is 664 g/mol. The number of H-pyrrole nitrogens is 1. The zero-order valence-electron chi connectivity index (χ0n) is 29.1. The van der Waals surface area contributed by atoms with Crippen LogP contribution in [0.1, 0.15) is 77.9 Å². The number of hydrogen-bond acceptors (Lipinski definition) is 8. The Morgan fingerprint density at radius 3 is 2.10 bits per heavy atom. The van der Waals surface area contributed by atoms with Gasteiger partial charge in [0.05, 0.1) is 38.2 Å². The number of hydrogen-bond donors (Lipinski definition) is 4. The van der Waals surface area contributed by atoms with Gasteiger partial charge in [0, 0.05) is 20.1 Å². The number of rotatable bonds is 9. The molecule has 14 heteroatoms. The van der Waals surface area contributed by atoms with E-state index in [4.69, 9.17) is 9.47 Å². The molecular formula is C34H48N8O6. The third-order valence-corrected chi connectivity index (χ3v) is 8.33. The van der Waals surface area contributed by atoms with Crippen LogP contribution in [-0.4, -0.2) is 102 Å². The second-order valence-electron chi connectivity index (χ2n) is 12.2. The van der Waals surface area contributed by atoms with Crippen molar-refractivity contribution in [3.05, 3.63) is 29.5 Å². The molecule has 3 heterocycles. The number of aromatic nitrogens is 2. The Labute approximate surface area is 282 Å². The number of carbonyl (C=O) groups excluding carboxylic acids is 4. The summed E-state index contributed by atoms with van der Waals surface area (Å²) in [5.41, 5.74) is 1.13. The van der Waals surface area contributed by atoms with Gasteiger partial charge in [0.25, 0.3) is 0 Å². The highest BCUT2D eigenvalue weighted by molar-refractivity contribution is 5.95. The largest absolute Gasteiger partial charge is 0.453 e. The van der Waals surface area contributed by atoms with E-state index in [9.17, 15) is 19.2 Å². The van der Waals surface area contributed by atoms with Crippen molar-refractivity contribution < 1.29 is 28.7 Å². The summed E-state index contributed by atoms with van der Waals surface area (Å²) in [7, 11) is 4.19. The van der Waals surface area contributed by atoms with Gasteiger partial charge in [-0.25, -0.2) is 14.6 Å². The summed E-state index contributed by atoms with van der Waals surface area (Å²) in [5, 5.41) is 8.57. The van der Waals surface area contributed by atoms with Crippen molar-refractivity contribution in [2.24, 2.45) is 16.8 Å². The van der Waals surface area contributed by atoms with E-state index in [1.54, 1.807) is 29.1 Å². The van der Waals surface area contributed by atoms with Gasteiger partial charge in [0.1, 0.15) is 29.4 Å². The fourth-order valence-electron chi connectivity index (χ4n) is 5.75. The number of imidazole rings is 1. The normalized spacial score (nSPS) is 19.1. The lowest BCUT2D eigenvalue weighted by Gasteiger charge is -2.31. The Morgan fingerprint density at radius 2 is 1.54 bits per heavy atom. The standard InChI is InChI=1S/C34H48N8O6/c1-9-23(37-29(35-6)25-16-12-18-41(25)31(43)27(21(2)3)39-33(45)47-7)14-10-11-15-24-20-36-30(38-24)26-17-13-19-42(26)32(44)28(22(4)5)40-34(46)48-8/h9,20-22,25-28H,12-13,16-19H2,1-8H3,(H,35,37)(H,36,38)(H,39,45)(H,40,46)/b23-9-/t25-,26-,27-,28-/m1/s1. The van der Waals surface area contributed by atoms with Crippen molar-refractivity contribution in [2.45, 2.75) is 84.5 Å². The summed E-state index contributed by atoms with van der Waals surface area (Å²) in [6, 6.07) is -2.01. The summed E-state index contributed by atoms with van der Waals surface area (Å²) < 4.78 is 9.43. The molecule has 4 atom stereocenters. The molecule has 1 aromatic rings. The number of ether oxygens (including phenoxy) is 2. The van der Waals surface area contributed by atoms with E-state index < -0.39 is 24.3 Å². The second-order valence-corrected chi connectivity index (χ2v) is 12.2. The molecule has 0 spiro atoms. The van der Waals surface area contributed by atoms with Crippen LogP contribution in [0.4, 0.5) is 9.59 Å². The number of nitrogens with zero attached hydrogens (tertiary/aromatic N) is 4. The smallest absolute Gasteiger partial charge is 0.407 e. The van der Waals surface area contributed by atoms with Crippen molar-refractivity contribution in [3.8, 4) is 23.7 Å². The number of nitrogens with one attached hydrogen (secondary N) is 4. The zero-order valence-corrected chi connectivity index (χ0v) is 29.1. The van der Waals surface area contributed by atoms with Crippen LogP contribution >= 0.6 is 0 Å². The molecule has 0 radical (unpaired) electrons. The number of aliphatic imine (C=N–C) groups is 1. The lowest BCUT2D eigenvalue weighted by Crippen LogP contribution is -2.55. The minimum atomic E-state index is -0.729. The van der Waals surface area contributed by atoms with Gasteiger partial charge in [-0.1, -0.05) is 33.8 Å². The molecule has 2 fully saturated rings. The Balaban J connectivity index is 1.68. The molecule has 0 aromatic carbocycles. The number of aromatic amines is 1. The van der Waals surface area contributed by atoms with E-state index in [0.717, 1.165) is 19.3 Å². The molecule has 14 nitrogen and oxygen atoms in total. The highest BCUT2D eigenvalue weighted by Gasteiger charge is 2.39. The Bertz CT molecular complexity index is 1510. The highest BCUT2D eigenvalue weighted by atomic mass is 16.5. The molecule has 4 N–H and O–H groups in total. The number of methoxy groups -OCH3 is 2. The number of carbonyl (C=O) groups is 4. The predicted molar refractivity (Wildman–Crippen MR) is 180 cm³/mol. The predicted octanol–water partition coefficient (Wildman–Crippen LogP) is 2.70. The maximum absolute atomic E-state index is 13.5. The molecule has 0 aliphatic carbocycles. The minimum absolute atomic E-state index is 0.127. The fourth-order valence-corrected chi connectivity index (χ4v) is 5.75. The maximum Gasteiger partial charge on any atom is 0.407 e. The molecular weight excluding hydrogens is 616 g/mol. The lowest BCUT2D eigenvalue weighted by molar-refractivity contribution is -0.135. The molecule has 3 rings (SSSR count). The van der Waals surface area contributed by atoms with Gasteiger partial charge in [-0.3, -0.25) is 14.6 Å². The Hall–Kier alpha value is -4.98. The molecule has 48 heavy (non-hydrogen) atoms. The zero-order chi connectivity index (χ0) is 35.4. The van der Waals surface area contributed by atoms with E-state index in [-0.39, 0.29) is 35.7 Å². The summed E-state index contributed by atoms with van der Waals surface area (Å²) in [4.78, 5) is 66.2. The summed E-state index contributed by atoms with van der Waals surface area (Å²) in [6.45, 7) is 10.4. The van der Waals surface area contributed by atoms with Crippen LogP contribution < -0.4 is 16.0 Å².